The molecule has 0 saturated carbocycles. The summed E-state index contributed by atoms with van der Waals surface area (Å²) in [6.45, 7) is 2.58. The molecule has 0 spiro atoms. The number of hydrogen-bond donors (Lipinski definition) is 2. The van der Waals surface area contributed by atoms with Crippen LogP contribution in [0.4, 0.5) is 0 Å². The van der Waals surface area contributed by atoms with Crippen LogP contribution in [-0.2, 0) is 16.0 Å². The number of benzene rings is 1. The smallest absolute Gasteiger partial charge is 0.253 e. The monoisotopic (exact) mass is 296 g/mol. The maximum Gasteiger partial charge on any atom is 0.253 e. The molecule has 20 heavy (non-hydrogen) atoms. The number of hydrogen-bond acceptors (Lipinski definition) is 3. The zero-order valence-corrected chi connectivity index (χ0v) is 12.2. The maximum atomic E-state index is 12.4. The van der Waals surface area contributed by atoms with E-state index in [9.17, 15) is 4.79 Å². The Morgan fingerprint density at radius 1 is 1.25 bits per heavy atom. The van der Waals surface area contributed by atoms with Crippen LogP contribution in [0.5, 0.6) is 0 Å². The highest BCUT2D eigenvalue weighted by atomic mass is 35.5. The molecule has 4 nitrogen and oxygen atoms in total. The fraction of sp³-hybridized carbons (Fsp3) is 0.533. The van der Waals surface area contributed by atoms with Crippen molar-refractivity contribution < 1.29 is 9.53 Å². The van der Waals surface area contributed by atoms with E-state index in [2.05, 4.69) is 16.7 Å². The number of carbonyl (C=O) groups excluding carboxylic acids is 1. The second-order valence-corrected chi connectivity index (χ2v) is 5.23. The van der Waals surface area contributed by atoms with Crippen LogP contribution in [0.15, 0.2) is 24.3 Å². The second kappa shape index (κ2) is 7.07. The minimum absolute atomic E-state index is 0. The Kier molecular flexibility index (Phi) is 5.40. The summed E-state index contributed by atoms with van der Waals surface area (Å²) in [4.78, 5) is 12.4. The number of rotatable bonds is 2. The molecule has 1 amide bonds. The first-order valence-electron chi connectivity index (χ1n) is 7.05. The number of halogens is 1. The molecule has 1 fully saturated rings. The normalized spacial score (nSPS) is 22.5. The molecule has 2 N–H and O–H groups in total. The number of amides is 1. The van der Waals surface area contributed by atoms with Crippen LogP contribution >= 0.6 is 12.4 Å². The lowest BCUT2D eigenvalue weighted by Gasteiger charge is -2.29. The minimum Gasteiger partial charge on any atom is -0.363 e. The molecule has 110 valence electrons. The summed E-state index contributed by atoms with van der Waals surface area (Å²) in [5, 5.41) is 6.43. The molecule has 3 rings (SSSR count). The summed E-state index contributed by atoms with van der Waals surface area (Å²) >= 11 is 0. The van der Waals surface area contributed by atoms with E-state index in [0.29, 0.717) is 6.61 Å². The quantitative estimate of drug-likeness (QED) is 0.871. The van der Waals surface area contributed by atoms with Crippen LogP contribution < -0.4 is 10.6 Å². The van der Waals surface area contributed by atoms with Gasteiger partial charge in [-0.1, -0.05) is 24.3 Å². The van der Waals surface area contributed by atoms with Crippen LogP contribution in [0, 0.1) is 0 Å². The Morgan fingerprint density at radius 2 is 2.00 bits per heavy atom. The van der Waals surface area contributed by atoms with Gasteiger partial charge < -0.3 is 15.4 Å². The van der Waals surface area contributed by atoms with Crippen molar-refractivity contribution in [1.29, 1.82) is 0 Å². The zero-order valence-electron chi connectivity index (χ0n) is 11.4. The van der Waals surface area contributed by atoms with E-state index in [-0.39, 0.29) is 24.4 Å². The van der Waals surface area contributed by atoms with Crippen molar-refractivity contribution in [1.82, 2.24) is 10.6 Å². The topological polar surface area (TPSA) is 50.4 Å². The average molecular weight is 297 g/mol. The van der Waals surface area contributed by atoms with Gasteiger partial charge in [0.2, 0.25) is 0 Å². The first kappa shape index (κ1) is 15.3. The lowest BCUT2D eigenvalue weighted by molar-refractivity contribution is -0.135. The molecule has 2 aliphatic rings. The molecular weight excluding hydrogens is 276 g/mol. The Labute approximate surface area is 125 Å². The Morgan fingerprint density at radius 3 is 2.80 bits per heavy atom. The largest absolute Gasteiger partial charge is 0.363 e. The van der Waals surface area contributed by atoms with Crippen LogP contribution in [0.25, 0.3) is 0 Å². The van der Waals surface area contributed by atoms with E-state index in [1.165, 1.54) is 5.56 Å². The molecule has 0 radical (unpaired) electrons. The maximum absolute atomic E-state index is 12.4. The van der Waals surface area contributed by atoms with Crippen LogP contribution in [0.2, 0.25) is 0 Å². The molecule has 0 aliphatic carbocycles. The minimum atomic E-state index is -0.431. The van der Waals surface area contributed by atoms with Gasteiger partial charge in [0.05, 0.1) is 6.61 Å². The highest BCUT2D eigenvalue weighted by molar-refractivity contribution is 5.85. The van der Waals surface area contributed by atoms with Crippen molar-refractivity contribution in [3.63, 3.8) is 0 Å². The lowest BCUT2D eigenvalue weighted by Crippen LogP contribution is -2.45. The van der Waals surface area contributed by atoms with Crippen molar-refractivity contribution in [3.05, 3.63) is 35.4 Å². The molecule has 5 heteroatoms. The van der Waals surface area contributed by atoms with E-state index in [0.717, 1.165) is 37.9 Å². The van der Waals surface area contributed by atoms with Crippen LogP contribution in [-0.4, -0.2) is 31.6 Å². The standard InChI is InChI=1S/C15H20N2O2.ClH/c18-15(17-12-5-8-16-9-6-12)14-13-4-2-1-3-11(13)7-10-19-14;/h1-4,12,14,16H,5-10H2,(H,17,18);1H. The van der Waals surface area contributed by atoms with Crippen LogP contribution in [0.3, 0.4) is 0 Å². The number of piperidine rings is 1. The highest BCUT2D eigenvalue weighted by Crippen LogP contribution is 2.27. The number of ether oxygens (including phenoxy) is 1. The third-order valence-corrected chi connectivity index (χ3v) is 3.92. The molecule has 2 aliphatic heterocycles. The van der Waals surface area contributed by atoms with Gasteiger partial charge >= 0.3 is 0 Å². The van der Waals surface area contributed by atoms with Gasteiger partial charge in [-0.15, -0.1) is 12.4 Å². The summed E-state index contributed by atoms with van der Waals surface area (Å²) in [5.74, 6) is 0.0130. The summed E-state index contributed by atoms with van der Waals surface area (Å²) in [6, 6.07) is 8.36. The van der Waals surface area contributed by atoms with Crippen molar-refractivity contribution >= 4 is 18.3 Å². The third-order valence-electron chi connectivity index (χ3n) is 3.92. The summed E-state index contributed by atoms with van der Waals surface area (Å²) in [7, 11) is 0. The van der Waals surface area contributed by atoms with Gasteiger partial charge in [0.15, 0.2) is 6.10 Å². The Bertz CT molecular complexity index is 461. The van der Waals surface area contributed by atoms with Gasteiger partial charge in [0, 0.05) is 6.04 Å². The van der Waals surface area contributed by atoms with E-state index in [1.807, 2.05) is 18.2 Å². The average Bonchev–Trinajstić information content (AvgIpc) is 2.47. The lowest BCUT2D eigenvalue weighted by atomic mass is 9.96. The third kappa shape index (κ3) is 3.32. The van der Waals surface area contributed by atoms with Gasteiger partial charge in [0.1, 0.15) is 0 Å². The first-order valence-corrected chi connectivity index (χ1v) is 7.05. The SMILES string of the molecule is Cl.O=C(NC1CCNCC1)C1OCCc2ccccc21. The van der Waals surface area contributed by atoms with Gasteiger partial charge in [-0.2, -0.15) is 0 Å². The van der Waals surface area contributed by atoms with E-state index < -0.39 is 6.10 Å². The summed E-state index contributed by atoms with van der Waals surface area (Å²) in [6.07, 6.45) is 2.47. The first-order chi connectivity index (χ1) is 9.34. The molecule has 0 bridgehead atoms. The van der Waals surface area contributed by atoms with E-state index in [4.69, 9.17) is 4.74 Å². The van der Waals surface area contributed by atoms with Gasteiger partial charge in [0.25, 0.3) is 5.91 Å². The van der Waals surface area contributed by atoms with Crippen molar-refractivity contribution in [3.8, 4) is 0 Å². The molecule has 0 aromatic heterocycles. The number of nitrogens with one attached hydrogen (secondary N) is 2. The van der Waals surface area contributed by atoms with E-state index in [1.54, 1.807) is 0 Å². The summed E-state index contributed by atoms with van der Waals surface area (Å²) in [5.41, 5.74) is 2.26. The Hall–Kier alpha value is -1.10. The molecule has 1 aromatic carbocycles. The predicted molar refractivity (Wildman–Crippen MR) is 80.1 cm³/mol. The Balaban J connectivity index is 0.00000147. The molecule has 1 atom stereocenters. The molecule has 1 aromatic rings. The van der Waals surface area contributed by atoms with Gasteiger partial charge in [-0.05, 0) is 43.5 Å². The van der Waals surface area contributed by atoms with Gasteiger partial charge in [-0.3, -0.25) is 4.79 Å². The number of carbonyl (C=O) groups is 1. The van der Waals surface area contributed by atoms with Crippen molar-refractivity contribution in [2.75, 3.05) is 19.7 Å². The predicted octanol–water partition coefficient (Wildman–Crippen LogP) is 1.59. The molecule has 1 saturated heterocycles. The van der Waals surface area contributed by atoms with Gasteiger partial charge in [-0.25, -0.2) is 0 Å². The molecule has 2 heterocycles. The number of fused-ring (bicyclic) bond motifs is 1. The summed E-state index contributed by atoms with van der Waals surface area (Å²) < 4.78 is 5.68. The molecular formula is C15H21ClN2O2. The zero-order chi connectivity index (χ0) is 13.1. The van der Waals surface area contributed by atoms with E-state index >= 15 is 0 Å². The fourth-order valence-electron chi connectivity index (χ4n) is 2.85. The van der Waals surface area contributed by atoms with Crippen molar-refractivity contribution in [2.24, 2.45) is 0 Å². The molecule has 1 unspecified atom stereocenters. The highest BCUT2D eigenvalue weighted by Gasteiger charge is 2.28. The van der Waals surface area contributed by atoms with Crippen LogP contribution in [0.1, 0.15) is 30.1 Å². The second-order valence-electron chi connectivity index (χ2n) is 5.23. The van der Waals surface area contributed by atoms with Crippen molar-refractivity contribution in [2.45, 2.75) is 31.4 Å². The fourth-order valence-corrected chi connectivity index (χ4v) is 2.85.